The van der Waals surface area contributed by atoms with Crippen molar-refractivity contribution in [2.24, 2.45) is 0 Å². The standard InChI is InChI=1S/CHN.H3O2P/c1-2;1-3-2/h1H;3H2,(H,1,2). The van der Waals surface area contributed by atoms with Crippen LogP contribution in [0.3, 0.4) is 0 Å². The van der Waals surface area contributed by atoms with E-state index in [9.17, 15) is 0 Å². The van der Waals surface area contributed by atoms with Gasteiger partial charge in [-0.25, -0.2) is 5.26 Å². The predicted molar refractivity (Wildman–Crippen MR) is 19.3 cm³/mol. The molecule has 0 rings (SSSR count). The molecule has 0 aliphatic heterocycles. The van der Waals surface area contributed by atoms with Crippen molar-refractivity contribution in [3.8, 4) is 6.57 Å². The third-order valence-corrected chi connectivity index (χ3v) is 0. The largest absolute Gasteiger partial charge is 0.348 e. The van der Waals surface area contributed by atoms with Crippen LogP contribution in [0.25, 0.3) is 0 Å². The molecular weight excluding hydrogens is 89.0 g/mol. The Morgan fingerprint density at radius 1 is 1.80 bits per heavy atom. The summed E-state index contributed by atoms with van der Waals surface area (Å²) in [6, 6.07) is 0. The molecule has 1 N–H and O–H groups in total. The molecule has 30 valence electrons. The Hall–Kier alpha value is -0.320. The number of nitriles is 1. The molecule has 0 fully saturated rings. The normalized spacial score (nSPS) is 6.20. The van der Waals surface area contributed by atoms with E-state index in [1.54, 1.807) is 0 Å². The lowest BCUT2D eigenvalue weighted by Gasteiger charge is -1.33. The van der Waals surface area contributed by atoms with Gasteiger partial charge < -0.3 is 4.89 Å². The van der Waals surface area contributed by atoms with E-state index in [1.807, 2.05) is 0 Å². The molecule has 4 heteroatoms. The predicted octanol–water partition coefficient (Wildman–Crippen LogP) is -0.210. The highest BCUT2D eigenvalue weighted by molar-refractivity contribution is 7.16. The van der Waals surface area contributed by atoms with Crippen molar-refractivity contribution < 1.29 is 9.46 Å². The quantitative estimate of drug-likeness (QED) is 0.421. The molecule has 0 heterocycles. The summed E-state index contributed by atoms with van der Waals surface area (Å²) in [4.78, 5) is 7.10. The van der Waals surface area contributed by atoms with Crippen molar-refractivity contribution >= 4 is 8.69 Å². The SMILES string of the molecule is C#N.O=[PH2]O. The minimum absolute atomic E-state index is 1.50. The second kappa shape index (κ2) is 57.2. The van der Waals surface area contributed by atoms with Crippen molar-refractivity contribution in [1.82, 2.24) is 0 Å². The average molecular weight is 93.0 g/mol. The summed E-state index contributed by atoms with van der Waals surface area (Å²) in [5, 5.41) is 6.50. The van der Waals surface area contributed by atoms with Crippen molar-refractivity contribution in [2.45, 2.75) is 0 Å². The molecule has 0 aliphatic rings. The van der Waals surface area contributed by atoms with E-state index >= 15 is 0 Å². The van der Waals surface area contributed by atoms with Gasteiger partial charge in [0, 0.05) is 6.57 Å². The lowest BCUT2D eigenvalue weighted by atomic mass is 11.9. The molecule has 0 radical (unpaired) electrons. The highest BCUT2D eigenvalue weighted by Gasteiger charge is 1.17. The zero-order valence-corrected chi connectivity index (χ0v) is 3.61. The lowest BCUT2D eigenvalue weighted by molar-refractivity contribution is 0.524. The molecule has 0 aliphatic carbocycles. The smallest absolute Gasteiger partial charge is 0.177 e. The zero-order valence-electron chi connectivity index (χ0n) is 2.46. The first-order valence-corrected chi connectivity index (χ1v) is 1.74. The maximum Gasteiger partial charge on any atom is 0.177 e. The van der Waals surface area contributed by atoms with Crippen LogP contribution in [0.4, 0.5) is 0 Å². The summed E-state index contributed by atoms with van der Waals surface area (Å²) in [5.74, 6) is 0. The Balaban J connectivity index is 0. The molecule has 0 aromatic heterocycles. The summed E-state index contributed by atoms with van der Waals surface area (Å²) >= 11 is 0. The van der Waals surface area contributed by atoms with Crippen LogP contribution in [-0.4, -0.2) is 4.89 Å². The lowest BCUT2D eigenvalue weighted by Crippen LogP contribution is -1.03. The first-order chi connectivity index (χ1) is 2.41. The second-order valence-electron chi connectivity index (χ2n) is 0.105. The first kappa shape index (κ1) is 8.82. The number of hydrogen-bond acceptors (Lipinski definition) is 2. The van der Waals surface area contributed by atoms with Gasteiger partial charge in [-0.3, -0.25) is 4.57 Å². The second-order valence-corrected chi connectivity index (χ2v) is 0.316. The third kappa shape index (κ3) is 101. The molecular formula is CH4NO2P. The van der Waals surface area contributed by atoms with Gasteiger partial charge in [-0.05, 0) is 0 Å². The van der Waals surface area contributed by atoms with E-state index in [0.717, 1.165) is 0 Å². The molecule has 0 saturated carbocycles. The molecule has 1 atom stereocenters. The van der Waals surface area contributed by atoms with Crippen LogP contribution in [0.15, 0.2) is 0 Å². The number of hydrogen-bond donors (Lipinski definition) is 1. The molecule has 0 amide bonds. The zero-order chi connectivity index (χ0) is 4.71. The minimum Gasteiger partial charge on any atom is -0.348 e. The van der Waals surface area contributed by atoms with E-state index in [1.165, 1.54) is 0 Å². The Morgan fingerprint density at radius 2 is 1.80 bits per heavy atom. The van der Waals surface area contributed by atoms with Gasteiger partial charge in [-0.2, -0.15) is 0 Å². The Labute approximate surface area is 31.1 Å². The molecule has 0 bridgehead atoms. The Kier molecular flexibility index (Phi) is 101. The van der Waals surface area contributed by atoms with Crippen LogP contribution in [0.5, 0.6) is 0 Å². The molecule has 1 unspecified atom stereocenters. The Bertz CT molecular complexity index is 33.9. The van der Waals surface area contributed by atoms with Crippen molar-refractivity contribution in [2.75, 3.05) is 0 Å². The summed E-state index contributed by atoms with van der Waals surface area (Å²) in [7, 11) is -1.50. The van der Waals surface area contributed by atoms with E-state index in [0.29, 0.717) is 0 Å². The van der Waals surface area contributed by atoms with Crippen molar-refractivity contribution in [3.05, 3.63) is 0 Å². The first-order valence-electron chi connectivity index (χ1n) is 0.752. The van der Waals surface area contributed by atoms with Gasteiger partial charge in [0.05, 0.1) is 0 Å². The van der Waals surface area contributed by atoms with E-state index in [2.05, 4.69) is 6.57 Å². The Morgan fingerprint density at radius 3 is 1.80 bits per heavy atom. The fraction of sp³-hybridized carbons (Fsp3) is 0. The van der Waals surface area contributed by atoms with Gasteiger partial charge in [0.25, 0.3) is 0 Å². The molecule has 0 spiro atoms. The van der Waals surface area contributed by atoms with Gasteiger partial charge in [0.15, 0.2) is 8.69 Å². The molecule has 5 heavy (non-hydrogen) atoms. The van der Waals surface area contributed by atoms with Crippen LogP contribution in [-0.2, 0) is 4.57 Å². The summed E-state index contributed by atoms with van der Waals surface area (Å²) in [6.45, 7) is 3.50. The topological polar surface area (TPSA) is 61.1 Å². The molecule has 0 aromatic carbocycles. The van der Waals surface area contributed by atoms with Gasteiger partial charge in [0.1, 0.15) is 0 Å². The number of nitrogens with zero attached hydrogens (tertiary/aromatic N) is 1. The number of rotatable bonds is 0. The van der Waals surface area contributed by atoms with E-state index in [-0.39, 0.29) is 0 Å². The third-order valence-electron chi connectivity index (χ3n) is 0. The van der Waals surface area contributed by atoms with Gasteiger partial charge in [0.2, 0.25) is 0 Å². The van der Waals surface area contributed by atoms with Crippen LogP contribution in [0, 0.1) is 11.8 Å². The minimum atomic E-state index is -1.50. The summed E-state index contributed by atoms with van der Waals surface area (Å²) in [6.07, 6.45) is 0. The van der Waals surface area contributed by atoms with Gasteiger partial charge in [-0.1, -0.05) is 0 Å². The van der Waals surface area contributed by atoms with Crippen molar-refractivity contribution in [1.29, 1.82) is 5.26 Å². The van der Waals surface area contributed by atoms with Crippen LogP contribution >= 0.6 is 8.69 Å². The van der Waals surface area contributed by atoms with Crippen LogP contribution in [0.1, 0.15) is 0 Å². The van der Waals surface area contributed by atoms with E-state index in [4.69, 9.17) is 14.7 Å². The average Bonchev–Trinajstić information content (AvgIpc) is 1.46. The van der Waals surface area contributed by atoms with Crippen molar-refractivity contribution in [3.63, 3.8) is 0 Å². The highest BCUT2D eigenvalue weighted by atomic mass is 31.1. The maximum absolute atomic E-state index is 8.57. The molecule has 0 aromatic rings. The van der Waals surface area contributed by atoms with E-state index < -0.39 is 8.69 Å². The summed E-state index contributed by atoms with van der Waals surface area (Å²) in [5.41, 5.74) is 0. The highest BCUT2D eigenvalue weighted by Crippen LogP contribution is 1.66. The van der Waals surface area contributed by atoms with Gasteiger partial charge >= 0.3 is 0 Å². The fourth-order valence-electron chi connectivity index (χ4n) is 0. The molecule has 3 nitrogen and oxygen atoms in total. The van der Waals surface area contributed by atoms with Crippen LogP contribution in [0.2, 0.25) is 0 Å². The maximum atomic E-state index is 8.57. The van der Waals surface area contributed by atoms with Gasteiger partial charge in [-0.15, -0.1) is 0 Å². The fourth-order valence-corrected chi connectivity index (χ4v) is 0. The van der Waals surface area contributed by atoms with Crippen LogP contribution < -0.4 is 0 Å². The molecule has 0 saturated heterocycles. The monoisotopic (exact) mass is 93.0 g/mol. The summed E-state index contributed by atoms with van der Waals surface area (Å²) < 4.78 is 8.57.